The predicted molar refractivity (Wildman–Crippen MR) is 63.9 cm³/mol. The van der Waals surface area contributed by atoms with Gasteiger partial charge in [0.05, 0.1) is 0 Å². The third kappa shape index (κ3) is 4340. The van der Waals surface area contributed by atoms with Crippen molar-refractivity contribution >= 4 is 90.1 Å². The van der Waals surface area contributed by atoms with Crippen molar-refractivity contribution in [2.24, 2.45) is 0 Å². The fourth-order valence-electron chi connectivity index (χ4n) is 0. The van der Waals surface area contributed by atoms with Gasteiger partial charge in [0.2, 0.25) is 0 Å². The monoisotopic (exact) mass is 423 g/mol. The van der Waals surface area contributed by atoms with Crippen LogP contribution in [0.3, 0.4) is 0 Å². The normalized spacial score (nSPS) is 9.65. The van der Waals surface area contributed by atoms with E-state index in [0.717, 1.165) is 0 Å². The second kappa shape index (κ2) is 18.3. The average molecular weight is 424 g/mol. The number of hydrogen-bond donors (Lipinski definition) is 0. The molecule has 0 saturated carbocycles. The van der Waals surface area contributed by atoms with E-state index in [2.05, 4.69) is 6.58 Å². The molecule has 0 N–H and O–H groups in total. The zero-order valence-electron chi connectivity index (χ0n) is 8.96. The quantitative estimate of drug-likeness (QED) is 0.292. The van der Waals surface area contributed by atoms with Crippen molar-refractivity contribution in [2.45, 2.75) is 6.92 Å². The molecule has 0 rings (SSSR count). The van der Waals surface area contributed by atoms with Gasteiger partial charge in [-0.3, -0.25) is 0 Å². The van der Waals surface area contributed by atoms with E-state index in [4.69, 9.17) is 0 Å². The Morgan fingerprint density at radius 1 is 0.600 bits per heavy atom. The third-order valence-corrected chi connectivity index (χ3v) is 0. The fraction of sp³-hybridized carbons (Fsp3) is 0.333. The SMILES string of the molecule is Br.C=CC.F[B-](F)(F)F.F[B-](F)(F)F.F[B-](F)(F)F.[KH]. The van der Waals surface area contributed by atoms with Crippen LogP contribution in [-0.2, 0) is 0 Å². The molecule has 17 heteroatoms. The van der Waals surface area contributed by atoms with Gasteiger partial charge in [0, 0.05) is 0 Å². The van der Waals surface area contributed by atoms with Crippen LogP contribution in [0.15, 0.2) is 12.7 Å². The number of halogens is 13. The van der Waals surface area contributed by atoms with Gasteiger partial charge >= 0.3 is 73.1 Å². The summed E-state index contributed by atoms with van der Waals surface area (Å²) in [6.45, 7) is 5.25. The zero-order valence-corrected chi connectivity index (χ0v) is 10.7. The van der Waals surface area contributed by atoms with Crippen LogP contribution in [-0.4, -0.2) is 73.1 Å². The summed E-state index contributed by atoms with van der Waals surface area (Å²) < 4.78 is 117. The summed E-state index contributed by atoms with van der Waals surface area (Å²) in [5, 5.41) is 0. The Bertz CT molecular complexity index is 141. The van der Waals surface area contributed by atoms with Crippen molar-refractivity contribution in [2.75, 3.05) is 0 Å². The van der Waals surface area contributed by atoms with E-state index in [-0.39, 0.29) is 68.4 Å². The van der Waals surface area contributed by atoms with Gasteiger partial charge in [-0.05, 0) is 6.92 Å². The Morgan fingerprint density at radius 2 is 0.600 bits per heavy atom. The molecule has 0 atom stereocenters. The molecule has 0 heterocycles. The van der Waals surface area contributed by atoms with Crippen LogP contribution in [0.5, 0.6) is 0 Å². The molecule has 124 valence electrons. The molecular formula is C3H8B3BrF12K-3. The van der Waals surface area contributed by atoms with Crippen LogP contribution in [0.4, 0.5) is 51.8 Å². The van der Waals surface area contributed by atoms with Crippen LogP contribution in [0, 0.1) is 0 Å². The molecule has 0 saturated heterocycles. The van der Waals surface area contributed by atoms with Gasteiger partial charge in [-0.1, -0.05) is 6.08 Å². The van der Waals surface area contributed by atoms with E-state index in [9.17, 15) is 51.8 Å². The summed E-state index contributed by atoms with van der Waals surface area (Å²) in [7, 11) is -18.0. The minimum atomic E-state index is -6.00. The summed E-state index contributed by atoms with van der Waals surface area (Å²) in [6, 6.07) is 0. The van der Waals surface area contributed by atoms with Gasteiger partial charge in [-0.15, -0.1) is 23.6 Å². The van der Waals surface area contributed by atoms with Gasteiger partial charge in [0.1, 0.15) is 0 Å². The first-order valence-electron chi connectivity index (χ1n) is 3.60. The van der Waals surface area contributed by atoms with E-state index in [0.29, 0.717) is 0 Å². The maximum absolute atomic E-state index is 9.75. The molecule has 0 nitrogen and oxygen atoms in total. The van der Waals surface area contributed by atoms with E-state index in [1.165, 1.54) is 0 Å². The molecule has 0 aromatic rings. The van der Waals surface area contributed by atoms with Crippen LogP contribution in [0.1, 0.15) is 6.92 Å². The summed E-state index contributed by atoms with van der Waals surface area (Å²) in [6.07, 6.45) is 1.75. The summed E-state index contributed by atoms with van der Waals surface area (Å²) in [5.74, 6) is 0. The predicted octanol–water partition coefficient (Wildman–Crippen LogP) is 5.02. The van der Waals surface area contributed by atoms with Gasteiger partial charge in [-0.25, -0.2) is 0 Å². The first-order chi connectivity index (χ1) is 7.41. The van der Waals surface area contributed by atoms with E-state index in [1.54, 1.807) is 6.08 Å². The molecule has 0 aliphatic rings. The van der Waals surface area contributed by atoms with Crippen LogP contribution in [0.25, 0.3) is 0 Å². The third-order valence-electron chi connectivity index (χ3n) is 0. The Kier molecular flexibility index (Phi) is 34.2. The fourth-order valence-corrected chi connectivity index (χ4v) is 0. The van der Waals surface area contributed by atoms with E-state index >= 15 is 0 Å². The second-order valence-electron chi connectivity index (χ2n) is 1.89. The molecular weight excluding hydrogens is 415 g/mol. The first-order valence-corrected chi connectivity index (χ1v) is 3.60. The molecule has 0 unspecified atom stereocenters. The molecule has 0 fully saturated rings. The van der Waals surface area contributed by atoms with Crippen molar-refractivity contribution in [1.29, 1.82) is 0 Å². The molecule has 0 aromatic carbocycles. The van der Waals surface area contributed by atoms with Gasteiger partial charge in [0.15, 0.2) is 0 Å². The second-order valence-corrected chi connectivity index (χ2v) is 1.89. The Labute approximate surface area is 160 Å². The summed E-state index contributed by atoms with van der Waals surface area (Å²) in [4.78, 5) is 0. The van der Waals surface area contributed by atoms with Gasteiger partial charge < -0.3 is 51.8 Å². The minimum absolute atomic E-state index is 0. The van der Waals surface area contributed by atoms with Gasteiger partial charge in [-0.2, -0.15) is 0 Å². The molecule has 0 spiro atoms. The molecule has 0 amide bonds. The van der Waals surface area contributed by atoms with Crippen molar-refractivity contribution < 1.29 is 51.8 Å². The van der Waals surface area contributed by atoms with E-state index in [1.807, 2.05) is 6.92 Å². The number of hydrogen-bond acceptors (Lipinski definition) is 0. The Hall–Kier alpha value is 1.21. The van der Waals surface area contributed by atoms with Crippen LogP contribution < -0.4 is 0 Å². The molecule has 0 aliphatic heterocycles. The molecule has 0 bridgehead atoms. The van der Waals surface area contributed by atoms with Crippen molar-refractivity contribution in [3.8, 4) is 0 Å². The van der Waals surface area contributed by atoms with Crippen molar-refractivity contribution in [3.05, 3.63) is 12.7 Å². The molecule has 20 heavy (non-hydrogen) atoms. The Balaban J connectivity index is -0.0000000321. The van der Waals surface area contributed by atoms with Crippen LogP contribution >= 0.6 is 17.0 Å². The number of rotatable bonds is 0. The molecule has 0 aliphatic carbocycles. The zero-order chi connectivity index (χ0) is 16.2. The first kappa shape index (κ1) is 37.4. The average Bonchev–Trinajstić information content (AvgIpc) is 1.71. The topological polar surface area (TPSA) is 0 Å². The molecule has 0 aromatic heterocycles. The standard InChI is InChI=1S/C3H6.3BF4.BrH.K.H/c1-3-2;3*2-1(3,4)5;;;/h3H,1H2,2H3;;;;1H;;/q;3*-1;;;. The summed E-state index contributed by atoms with van der Waals surface area (Å²) >= 11 is 0. The van der Waals surface area contributed by atoms with Crippen LogP contribution in [0.2, 0.25) is 0 Å². The number of allylic oxidation sites excluding steroid dienone is 1. The molecule has 0 radical (unpaired) electrons. The van der Waals surface area contributed by atoms with Crippen molar-refractivity contribution in [3.63, 3.8) is 0 Å². The van der Waals surface area contributed by atoms with E-state index < -0.39 is 21.8 Å². The summed E-state index contributed by atoms with van der Waals surface area (Å²) in [5.41, 5.74) is 0. The van der Waals surface area contributed by atoms with Gasteiger partial charge in [0.25, 0.3) is 0 Å². The maximum atomic E-state index is 9.75. The van der Waals surface area contributed by atoms with Crippen molar-refractivity contribution in [1.82, 2.24) is 0 Å². The Morgan fingerprint density at radius 3 is 0.600 bits per heavy atom.